The van der Waals surface area contributed by atoms with E-state index in [1.54, 1.807) is 48.2 Å². The number of nitrogens with zero attached hydrogens (tertiary/aromatic N) is 1. The molecule has 2 amide bonds. The average Bonchev–Trinajstić information content (AvgIpc) is 2.94. The molecule has 0 aliphatic heterocycles. The Kier molecular flexibility index (Phi) is 12.9. The van der Waals surface area contributed by atoms with Crippen LogP contribution in [0.2, 0.25) is 0 Å². The fraction of sp³-hybridized carbons (Fsp3) is 0.333. The highest BCUT2D eigenvalue weighted by Gasteiger charge is 2.18. The van der Waals surface area contributed by atoms with Crippen molar-refractivity contribution in [3.05, 3.63) is 94.2 Å². The lowest BCUT2D eigenvalue weighted by Crippen LogP contribution is -2.39. The zero-order chi connectivity index (χ0) is 28.7. The lowest BCUT2D eigenvalue weighted by Gasteiger charge is -2.23. The summed E-state index contributed by atoms with van der Waals surface area (Å²) < 4.78 is 30.8. The molecule has 3 rings (SSSR count). The number of hydrogen-bond acceptors (Lipinski definition) is 5. The standard InChI is InChI=1S/C30H34BrFN2O6/c1-2-39-28(29(35)36)20-22-6-14-27(15-7-22)40-19-17-34(30(37)33-26-12-8-24(31)9-13-26)16-3-18-38-21-23-4-10-25(32)11-5-23/h4-15,28H,2-3,16-21H2,1H3,(H,33,37)(H,35,36). The molecule has 0 radical (unpaired) electrons. The number of hydrogen-bond donors (Lipinski definition) is 2. The second-order valence-corrected chi connectivity index (χ2v) is 9.85. The van der Waals surface area contributed by atoms with Gasteiger partial charge in [-0.1, -0.05) is 40.2 Å². The molecule has 0 aliphatic carbocycles. The topological polar surface area (TPSA) is 97.3 Å². The van der Waals surface area contributed by atoms with Crippen molar-refractivity contribution < 1.29 is 33.3 Å². The van der Waals surface area contributed by atoms with Gasteiger partial charge in [-0.3, -0.25) is 0 Å². The molecule has 0 saturated heterocycles. The Morgan fingerprint density at radius 1 is 0.950 bits per heavy atom. The molecule has 0 bridgehead atoms. The molecule has 2 N–H and O–H groups in total. The van der Waals surface area contributed by atoms with Crippen LogP contribution in [0.1, 0.15) is 24.5 Å². The number of halogens is 2. The lowest BCUT2D eigenvalue weighted by molar-refractivity contribution is -0.149. The minimum atomic E-state index is -0.996. The molecule has 214 valence electrons. The van der Waals surface area contributed by atoms with Gasteiger partial charge in [0.15, 0.2) is 6.10 Å². The molecule has 3 aromatic rings. The highest BCUT2D eigenvalue weighted by molar-refractivity contribution is 9.10. The second-order valence-electron chi connectivity index (χ2n) is 8.94. The minimum absolute atomic E-state index is 0.254. The van der Waals surface area contributed by atoms with Crippen LogP contribution in [0.15, 0.2) is 77.3 Å². The van der Waals surface area contributed by atoms with E-state index < -0.39 is 12.1 Å². The lowest BCUT2D eigenvalue weighted by atomic mass is 10.1. The number of anilines is 1. The van der Waals surface area contributed by atoms with E-state index in [1.807, 2.05) is 24.3 Å². The predicted octanol–water partition coefficient (Wildman–Crippen LogP) is 6.14. The van der Waals surface area contributed by atoms with Crippen LogP contribution in [-0.4, -0.2) is 61.0 Å². The van der Waals surface area contributed by atoms with Crippen molar-refractivity contribution in [1.29, 1.82) is 0 Å². The number of amides is 2. The third kappa shape index (κ3) is 11.0. The fourth-order valence-corrected chi connectivity index (χ4v) is 4.07. The number of rotatable bonds is 16. The molecule has 10 heteroatoms. The van der Waals surface area contributed by atoms with Gasteiger partial charge in [0.1, 0.15) is 18.2 Å². The van der Waals surface area contributed by atoms with Gasteiger partial charge in [0, 0.05) is 36.3 Å². The van der Waals surface area contributed by atoms with Crippen LogP contribution in [0.4, 0.5) is 14.9 Å². The monoisotopic (exact) mass is 616 g/mol. The van der Waals surface area contributed by atoms with E-state index in [1.165, 1.54) is 12.1 Å². The van der Waals surface area contributed by atoms with Crippen molar-refractivity contribution in [3.8, 4) is 5.75 Å². The van der Waals surface area contributed by atoms with E-state index in [0.29, 0.717) is 50.8 Å². The number of nitrogens with one attached hydrogen (secondary N) is 1. The molecule has 0 fully saturated rings. The third-order valence-corrected chi connectivity index (χ3v) is 6.43. The molecular formula is C30H34BrFN2O6. The van der Waals surface area contributed by atoms with Crippen molar-refractivity contribution in [2.75, 3.05) is 38.2 Å². The van der Waals surface area contributed by atoms with E-state index in [-0.39, 0.29) is 24.9 Å². The average molecular weight is 618 g/mol. The fourth-order valence-electron chi connectivity index (χ4n) is 3.81. The van der Waals surface area contributed by atoms with Crippen LogP contribution in [-0.2, 0) is 27.3 Å². The molecule has 0 spiro atoms. The van der Waals surface area contributed by atoms with Crippen molar-refractivity contribution in [1.82, 2.24) is 4.90 Å². The Morgan fingerprint density at radius 2 is 1.62 bits per heavy atom. The van der Waals surface area contributed by atoms with Gasteiger partial charge in [-0.15, -0.1) is 0 Å². The first-order chi connectivity index (χ1) is 19.3. The Hall–Kier alpha value is -3.47. The number of urea groups is 1. The zero-order valence-electron chi connectivity index (χ0n) is 22.4. The van der Waals surface area contributed by atoms with Crippen LogP contribution in [0.25, 0.3) is 0 Å². The van der Waals surface area contributed by atoms with Crippen molar-refractivity contribution in [2.24, 2.45) is 0 Å². The molecule has 0 aliphatic rings. The molecule has 1 atom stereocenters. The van der Waals surface area contributed by atoms with Crippen LogP contribution < -0.4 is 10.1 Å². The summed E-state index contributed by atoms with van der Waals surface area (Å²) in [5, 5.41) is 12.2. The molecule has 0 aromatic heterocycles. The van der Waals surface area contributed by atoms with Gasteiger partial charge >= 0.3 is 12.0 Å². The number of benzene rings is 3. The summed E-state index contributed by atoms with van der Waals surface area (Å²) >= 11 is 3.39. The van der Waals surface area contributed by atoms with Crippen LogP contribution in [0, 0.1) is 5.82 Å². The largest absolute Gasteiger partial charge is 0.492 e. The van der Waals surface area contributed by atoms with Gasteiger partial charge in [-0.25, -0.2) is 14.0 Å². The number of carbonyl (C=O) groups excluding carboxylic acids is 1. The number of carboxylic acids is 1. The van der Waals surface area contributed by atoms with E-state index >= 15 is 0 Å². The summed E-state index contributed by atoms with van der Waals surface area (Å²) in [6.45, 7) is 3.93. The Bertz CT molecular complexity index is 1190. The van der Waals surface area contributed by atoms with Gasteiger partial charge in [0.25, 0.3) is 0 Å². The third-order valence-electron chi connectivity index (χ3n) is 5.90. The van der Waals surface area contributed by atoms with E-state index in [4.69, 9.17) is 14.2 Å². The highest BCUT2D eigenvalue weighted by Crippen LogP contribution is 2.16. The van der Waals surface area contributed by atoms with Crippen molar-refractivity contribution in [3.63, 3.8) is 0 Å². The summed E-state index contributed by atoms with van der Waals surface area (Å²) in [5.74, 6) is -0.671. The summed E-state index contributed by atoms with van der Waals surface area (Å²) in [7, 11) is 0. The van der Waals surface area contributed by atoms with Crippen LogP contribution in [0.5, 0.6) is 5.75 Å². The maximum absolute atomic E-state index is 13.1. The molecule has 3 aromatic carbocycles. The molecule has 0 saturated carbocycles. The van der Waals surface area contributed by atoms with Gasteiger partial charge < -0.3 is 29.5 Å². The SMILES string of the molecule is CCOC(Cc1ccc(OCCN(CCCOCc2ccc(F)cc2)C(=O)Nc2ccc(Br)cc2)cc1)C(=O)O. The molecular weight excluding hydrogens is 583 g/mol. The van der Waals surface area contributed by atoms with E-state index in [9.17, 15) is 19.1 Å². The predicted molar refractivity (Wildman–Crippen MR) is 154 cm³/mol. The quantitative estimate of drug-likeness (QED) is 0.188. The number of ether oxygens (including phenoxy) is 3. The zero-order valence-corrected chi connectivity index (χ0v) is 23.9. The summed E-state index contributed by atoms with van der Waals surface area (Å²) in [6.07, 6.45) is -0.0282. The Morgan fingerprint density at radius 3 is 2.27 bits per heavy atom. The van der Waals surface area contributed by atoms with Gasteiger partial charge in [0.05, 0.1) is 13.2 Å². The summed E-state index contributed by atoms with van der Waals surface area (Å²) in [6, 6.07) is 20.4. The first kappa shape index (κ1) is 31.1. The Balaban J connectivity index is 1.51. The van der Waals surface area contributed by atoms with Gasteiger partial charge in [0.2, 0.25) is 0 Å². The minimum Gasteiger partial charge on any atom is -0.492 e. The van der Waals surface area contributed by atoms with E-state index in [0.717, 1.165) is 15.6 Å². The number of carbonyl (C=O) groups is 2. The molecule has 0 heterocycles. The second kappa shape index (κ2) is 16.6. The van der Waals surface area contributed by atoms with Gasteiger partial charge in [-0.2, -0.15) is 0 Å². The summed E-state index contributed by atoms with van der Waals surface area (Å²) in [4.78, 5) is 26.0. The van der Waals surface area contributed by atoms with Crippen LogP contribution >= 0.6 is 15.9 Å². The van der Waals surface area contributed by atoms with Crippen LogP contribution in [0.3, 0.4) is 0 Å². The summed E-state index contributed by atoms with van der Waals surface area (Å²) in [5.41, 5.74) is 2.38. The smallest absolute Gasteiger partial charge is 0.333 e. The Labute approximate surface area is 242 Å². The first-order valence-electron chi connectivity index (χ1n) is 13.0. The molecule has 40 heavy (non-hydrogen) atoms. The van der Waals surface area contributed by atoms with E-state index in [2.05, 4.69) is 21.2 Å². The number of aliphatic carboxylic acids is 1. The molecule has 8 nitrogen and oxygen atoms in total. The molecule has 1 unspecified atom stereocenters. The highest BCUT2D eigenvalue weighted by atomic mass is 79.9. The maximum atomic E-state index is 13.1. The maximum Gasteiger partial charge on any atom is 0.333 e. The normalized spacial score (nSPS) is 11.6. The van der Waals surface area contributed by atoms with Crippen molar-refractivity contribution >= 4 is 33.6 Å². The number of carboxylic acid groups (broad SMARTS) is 1. The van der Waals surface area contributed by atoms with Crippen molar-refractivity contribution in [2.45, 2.75) is 32.5 Å². The first-order valence-corrected chi connectivity index (χ1v) is 13.8. The van der Waals surface area contributed by atoms with Gasteiger partial charge in [-0.05, 0) is 73.0 Å².